The van der Waals surface area contributed by atoms with Crippen molar-refractivity contribution in [2.75, 3.05) is 18.5 Å². The summed E-state index contributed by atoms with van der Waals surface area (Å²) in [5.41, 5.74) is 2.84. The molecule has 146 valence electrons. The van der Waals surface area contributed by atoms with Gasteiger partial charge in [0.25, 0.3) is 0 Å². The number of carbonyl (C=O) groups is 1. The predicted molar refractivity (Wildman–Crippen MR) is 105 cm³/mol. The van der Waals surface area contributed by atoms with Crippen LogP contribution in [0.5, 0.6) is 5.75 Å². The van der Waals surface area contributed by atoms with Crippen molar-refractivity contribution in [2.24, 2.45) is 18.9 Å². The van der Waals surface area contributed by atoms with Crippen molar-refractivity contribution in [3.8, 4) is 17.0 Å². The summed E-state index contributed by atoms with van der Waals surface area (Å²) in [6.45, 7) is 3.79. The Kier molecular flexibility index (Phi) is 4.08. The van der Waals surface area contributed by atoms with Crippen LogP contribution >= 0.6 is 0 Å². The van der Waals surface area contributed by atoms with Crippen LogP contribution in [-0.2, 0) is 11.8 Å². The normalized spacial score (nSPS) is 23.4. The van der Waals surface area contributed by atoms with Gasteiger partial charge in [-0.05, 0) is 37.4 Å². The lowest BCUT2D eigenvalue weighted by molar-refractivity contribution is -0.117. The maximum Gasteiger partial charge on any atom is 0.228 e. The Morgan fingerprint density at radius 3 is 2.96 bits per heavy atom. The highest BCUT2D eigenvalue weighted by Crippen LogP contribution is 2.38. The second-order valence-electron chi connectivity index (χ2n) is 7.85. The fourth-order valence-electron chi connectivity index (χ4n) is 3.64. The lowest BCUT2D eigenvalue weighted by Crippen LogP contribution is -2.46. The van der Waals surface area contributed by atoms with E-state index < -0.39 is 0 Å². The summed E-state index contributed by atoms with van der Waals surface area (Å²) in [7, 11) is 1.91. The van der Waals surface area contributed by atoms with E-state index in [1.165, 1.54) is 0 Å². The largest absolute Gasteiger partial charge is 0.488 e. The van der Waals surface area contributed by atoms with Crippen LogP contribution in [0.3, 0.4) is 0 Å². The van der Waals surface area contributed by atoms with E-state index in [0.29, 0.717) is 24.4 Å². The molecule has 0 bridgehead atoms. The second kappa shape index (κ2) is 6.63. The van der Waals surface area contributed by atoms with Crippen LogP contribution in [-0.4, -0.2) is 44.5 Å². The number of ether oxygens (including phenoxy) is 1. The van der Waals surface area contributed by atoms with E-state index in [4.69, 9.17) is 4.74 Å². The van der Waals surface area contributed by atoms with Crippen LogP contribution in [0.15, 0.2) is 30.6 Å². The first-order valence-corrected chi connectivity index (χ1v) is 9.77. The number of nitrogens with zero attached hydrogens (tertiary/aromatic N) is 4. The van der Waals surface area contributed by atoms with E-state index in [0.717, 1.165) is 41.9 Å². The first kappa shape index (κ1) is 17.2. The Hall–Kier alpha value is -2.87. The molecule has 8 nitrogen and oxygen atoms in total. The molecule has 2 fully saturated rings. The van der Waals surface area contributed by atoms with Crippen LogP contribution in [0, 0.1) is 11.8 Å². The molecule has 28 heavy (non-hydrogen) atoms. The van der Waals surface area contributed by atoms with E-state index in [9.17, 15) is 4.79 Å². The Morgan fingerprint density at radius 2 is 2.25 bits per heavy atom. The van der Waals surface area contributed by atoms with Gasteiger partial charge in [-0.2, -0.15) is 10.2 Å². The minimum absolute atomic E-state index is 0.0584. The number of fused-ring (bicyclic) bond motifs is 1. The van der Waals surface area contributed by atoms with Crippen LogP contribution in [0.1, 0.15) is 19.8 Å². The number of pyridine rings is 1. The SMILES string of the molecule is C[C@@H]1C[C@H]1C(=O)Nc1cc2cc(-c3c(OC[C@H]4CCN4)cnn3C)ccn2n1. The van der Waals surface area contributed by atoms with Gasteiger partial charge in [0.05, 0.1) is 11.7 Å². The number of hydrogen-bond acceptors (Lipinski definition) is 5. The number of hydrogen-bond donors (Lipinski definition) is 2. The number of nitrogens with one attached hydrogen (secondary N) is 2. The van der Waals surface area contributed by atoms with Gasteiger partial charge in [-0.1, -0.05) is 6.92 Å². The van der Waals surface area contributed by atoms with Crippen LogP contribution < -0.4 is 15.4 Å². The van der Waals surface area contributed by atoms with Crippen molar-refractivity contribution in [2.45, 2.75) is 25.8 Å². The molecule has 3 aromatic rings. The van der Waals surface area contributed by atoms with Gasteiger partial charge in [0.2, 0.25) is 5.91 Å². The third-order valence-electron chi connectivity index (χ3n) is 5.71. The molecule has 2 aliphatic rings. The Morgan fingerprint density at radius 1 is 1.43 bits per heavy atom. The summed E-state index contributed by atoms with van der Waals surface area (Å²) in [6.07, 6.45) is 5.76. The molecule has 5 rings (SSSR count). The molecule has 1 aliphatic carbocycles. The fourth-order valence-corrected chi connectivity index (χ4v) is 3.64. The average molecular weight is 380 g/mol. The molecule has 1 amide bonds. The summed E-state index contributed by atoms with van der Waals surface area (Å²) < 4.78 is 9.60. The van der Waals surface area contributed by atoms with Crippen molar-refractivity contribution in [1.29, 1.82) is 0 Å². The topological polar surface area (TPSA) is 85.5 Å². The van der Waals surface area contributed by atoms with E-state index in [1.807, 2.05) is 36.1 Å². The van der Waals surface area contributed by atoms with Crippen LogP contribution in [0.25, 0.3) is 16.8 Å². The van der Waals surface area contributed by atoms with Gasteiger partial charge in [-0.15, -0.1) is 0 Å². The van der Waals surface area contributed by atoms with Gasteiger partial charge in [0, 0.05) is 36.8 Å². The molecular weight excluding hydrogens is 356 g/mol. The molecule has 0 unspecified atom stereocenters. The molecule has 4 heterocycles. The molecule has 0 aromatic carbocycles. The highest BCUT2D eigenvalue weighted by atomic mass is 16.5. The van der Waals surface area contributed by atoms with Crippen molar-refractivity contribution in [3.05, 3.63) is 30.6 Å². The summed E-state index contributed by atoms with van der Waals surface area (Å²) in [4.78, 5) is 12.2. The predicted octanol–water partition coefficient (Wildman–Crippen LogP) is 2.07. The lowest BCUT2D eigenvalue weighted by atomic mass is 10.1. The van der Waals surface area contributed by atoms with Gasteiger partial charge >= 0.3 is 0 Å². The van der Waals surface area contributed by atoms with Crippen LogP contribution in [0.4, 0.5) is 5.82 Å². The average Bonchev–Trinajstić information content (AvgIpc) is 3.06. The number of carbonyl (C=O) groups excluding carboxylic acids is 1. The molecule has 0 spiro atoms. The molecular formula is C20H24N6O2. The maximum atomic E-state index is 12.2. The minimum atomic E-state index is 0.0584. The second-order valence-corrected chi connectivity index (χ2v) is 7.85. The van der Waals surface area contributed by atoms with Crippen molar-refractivity contribution in [1.82, 2.24) is 24.7 Å². The van der Waals surface area contributed by atoms with Crippen LogP contribution in [0.2, 0.25) is 0 Å². The number of amides is 1. The van der Waals surface area contributed by atoms with E-state index >= 15 is 0 Å². The molecule has 1 saturated heterocycles. The molecule has 0 radical (unpaired) electrons. The molecule has 1 saturated carbocycles. The smallest absolute Gasteiger partial charge is 0.228 e. The van der Waals surface area contributed by atoms with Gasteiger partial charge in [0.15, 0.2) is 11.6 Å². The lowest BCUT2D eigenvalue weighted by Gasteiger charge is -2.27. The van der Waals surface area contributed by atoms with Crippen molar-refractivity contribution < 1.29 is 9.53 Å². The molecule has 3 atom stereocenters. The van der Waals surface area contributed by atoms with E-state index in [-0.39, 0.29) is 11.8 Å². The number of aromatic nitrogens is 4. The summed E-state index contributed by atoms with van der Waals surface area (Å²) >= 11 is 0. The van der Waals surface area contributed by atoms with Gasteiger partial charge in [-0.25, -0.2) is 4.52 Å². The third-order valence-corrected chi connectivity index (χ3v) is 5.71. The maximum absolute atomic E-state index is 12.2. The number of anilines is 1. The molecule has 3 aromatic heterocycles. The first-order chi connectivity index (χ1) is 13.6. The number of aryl methyl sites for hydroxylation is 1. The van der Waals surface area contributed by atoms with E-state index in [2.05, 4.69) is 27.8 Å². The monoisotopic (exact) mass is 380 g/mol. The zero-order valence-electron chi connectivity index (χ0n) is 16.1. The highest BCUT2D eigenvalue weighted by molar-refractivity contribution is 5.94. The minimum Gasteiger partial charge on any atom is -0.488 e. The first-order valence-electron chi connectivity index (χ1n) is 9.77. The molecule has 8 heteroatoms. The quantitative estimate of drug-likeness (QED) is 0.684. The molecule has 2 N–H and O–H groups in total. The van der Waals surface area contributed by atoms with Gasteiger partial charge in [0.1, 0.15) is 12.3 Å². The number of rotatable bonds is 6. The van der Waals surface area contributed by atoms with Crippen molar-refractivity contribution in [3.63, 3.8) is 0 Å². The van der Waals surface area contributed by atoms with Gasteiger partial charge in [-0.3, -0.25) is 9.48 Å². The fraction of sp³-hybridized carbons (Fsp3) is 0.450. The molecule has 1 aliphatic heterocycles. The Bertz CT molecular complexity index is 1030. The summed E-state index contributed by atoms with van der Waals surface area (Å²) in [6, 6.07) is 6.34. The zero-order chi connectivity index (χ0) is 19.3. The van der Waals surface area contributed by atoms with E-state index in [1.54, 1.807) is 10.7 Å². The van der Waals surface area contributed by atoms with Gasteiger partial charge < -0.3 is 15.4 Å². The standard InChI is InChI=1S/C20H24N6O2/c1-12-7-16(12)20(27)23-18-9-15-8-13(4-6-26(15)24-18)19-17(10-22-25(19)2)28-11-14-3-5-21-14/h4,6,8-10,12,14,16,21H,3,5,7,11H2,1-2H3,(H,23,24,27)/t12-,14-,16-/m1/s1. The zero-order valence-corrected chi connectivity index (χ0v) is 16.1. The van der Waals surface area contributed by atoms with Crippen molar-refractivity contribution >= 4 is 17.2 Å². The summed E-state index contributed by atoms with van der Waals surface area (Å²) in [5, 5.41) is 15.1. The highest BCUT2D eigenvalue weighted by Gasteiger charge is 2.39. The Labute approximate surface area is 162 Å². The summed E-state index contributed by atoms with van der Waals surface area (Å²) in [5.74, 6) is 2.01. The Balaban J connectivity index is 1.38. The third kappa shape index (κ3) is 3.13.